The van der Waals surface area contributed by atoms with Crippen molar-refractivity contribution in [2.45, 2.75) is 46.5 Å². The lowest BCUT2D eigenvalue weighted by molar-refractivity contribution is -0.143. The summed E-state index contributed by atoms with van der Waals surface area (Å²) in [5.74, 6) is 1.15. The molecule has 1 aliphatic carbocycles. The average molecular weight is 325 g/mol. The Bertz CT molecular complexity index is 834. The van der Waals surface area contributed by atoms with Gasteiger partial charge in [-0.1, -0.05) is 4.85 Å². The molecule has 0 saturated heterocycles. The number of nitrogens with zero attached hydrogens (tertiary/aromatic N) is 3. The van der Waals surface area contributed by atoms with Gasteiger partial charge in [0.1, 0.15) is 17.1 Å². The summed E-state index contributed by atoms with van der Waals surface area (Å²) in [6, 6.07) is 5.88. The topological polar surface area (TPSA) is 77.1 Å². The second-order valence-electron chi connectivity index (χ2n) is 6.18. The zero-order valence-corrected chi connectivity index (χ0v) is 14.2. The lowest BCUT2D eigenvalue weighted by Gasteiger charge is -2.11. The van der Waals surface area contributed by atoms with Crippen molar-refractivity contribution >= 4 is 5.97 Å². The van der Waals surface area contributed by atoms with Gasteiger partial charge in [-0.15, -0.1) is 5.10 Å². The van der Waals surface area contributed by atoms with Gasteiger partial charge in [0.25, 0.3) is 0 Å². The Labute approximate surface area is 140 Å². The molecule has 6 nitrogen and oxygen atoms in total. The van der Waals surface area contributed by atoms with Crippen LogP contribution in [0.1, 0.15) is 53.8 Å². The van der Waals surface area contributed by atoms with E-state index in [1.807, 2.05) is 32.9 Å². The molecule has 0 radical (unpaired) electrons. The Morgan fingerprint density at radius 3 is 2.42 bits per heavy atom. The summed E-state index contributed by atoms with van der Waals surface area (Å²) in [5.41, 5.74) is 3.85. The van der Waals surface area contributed by atoms with Crippen LogP contribution >= 0.6 is 0 Å². The maximum absolute atomic E-state index is 11.3. The second kappa shape index (κ2) is 6.00. The summed E-state index contributed by atoms with van der Waals surface area (Å²) in [7, 11) is 0. The number of aromatic nitrogens is 2. The Morgan fingerprint density at radius 1 is 1.29 bits per heavy atom. The molecule has 0 spiro atoms. The van der Waals surface area contributed by atoms with Crippen molar-refractivity contribution in [3.8, 4) is 17.6 Å². The highest BCUT2D eigenvalue weighted by molar-refractivity contribution is 5.66. The van der Waals surface area contributed by atoms with Crippen LogP contribution in [0.5, 0.6) is 11.5 Å². The monoisotopic (exact) mass is 325 g/mol. The SMILES string of the molecule is CC(=O)On1nc(C)c(Oc2cc(C)c(C#N)c(C)c2)c1C1CC1. The minimum atomic E-state index is -0.420. The molecule has 1 aromatic heterocycles. The minimum Gasteiger partial charge on any atom is -0.453 e. The molecule has 0 N–H and O–H groups in total. The number of aryl methyl sites for hydroxylation is 3. The van der Waals surface area contributed by atoms with Crippen molar-refractivity contribution in [3.63, 3.8) is 0 Å². The summed E-state index contributed by atoms with van der Waals surface area (Å²) >= 11 is 0. The zero-order valence-electron chi connectivity index (χ0n) is 14.2. The molecule has 0 bridgehead atoms. The van der Waals surface area contributed by atoms with Crippen molar-refractivity contribution in [2.75, 3.05) is 0 Å². The summed E-state index contributed by atoms with van der Waals surface area (Å²) < 4.78 is 6.08. The van der Waals surface area contributed by atoms with Crippen LogP contribution in [0.25, 0.3) is 0 Å². The van der Waals surface area contributed by atoms with Crippen LogP contribution in [0.2, 0.25) is 0 Å². The van der Waals surface area contributed by atoms with E-state index in [2.05, 4.69) is 11.2 Å². The smallest absolute Gasteiger partial charge is 0.331 e. The summed E-state index contributed by atoms with van der Waals surface area (Å²) in [6.07, 6.45) is 2.04. The molecule has 1 saturated carbocycles. The second-order valence-corrected chi connectivity index (χ2v) is 6.18. The molecule has 1 heterocycles. The molecular formula is C18H19N3O3. The average Bonchev–Trinajstić information content (AvgIpc) is 3.26. The first kappa shape index (κ1) is 16.1. The Balaban J connectivity index is 2.00. The number of hydrogen-bond acceptors (Lipinski definition) is 5. The third-order valence-electron chi connectivity index (χ3n) is 4.03. The van der Waals surface area contributed by atoms with Gasteiger partial charge in [-0.25, -0.2) is 4.79 Å². The van der Waals surface area contributed by atoms with E-state index >= 15 is 0 Å². The van der Waals surface area contributed by atoms with Gasteiger partial charge < -0.3 is 9.57 Å². The van der Waals surface area contributed by atoms with E-state index in [0.29, 0.717) is 28.7 Å². The fraction of sp³-hybridized carbons (Fsp3) is 0.389. The van der Waals surface area contributed by atoms with E-state index in [0.717, 1.165) is 29.7 Å². The number of rotatable bonds is 4. The van der Waals surface area contributed by atoms with Gasteiger partial charge in [0.15, 0.2) is 5.75 Å². The van der Waals surface area contributed by atoms with Crippen LogP contribution in [0.4, 0.5) is 0 Å². The fourth-order valence-electron chi connectivity index (χ4n) is 2.80. The van der Waals surface area contributed by atoms with Crippen LogP contribution < -0.4 is 9.57 Å². The Hall–Kier alpha value is -2.81. The molecule has 1 aromatic carbocycles. The molecule has 6 heteroatoms. The quantitative estimate of drug-likeness (QED) is 0.861. The number of carbonyl (C=O) groups is 1. The van der Waals surface area contributed by atoms with E-state index in [1.165, 1.54) is 11.8 Å². The zero-order chi connectivity index (χ0) is 17.4. The summed E-state index contributed by atoms with van der Waals surface area (Å²) in [5, 5.41) is 13.5. The van der Waals surface area contributed by atoms with Crippen molar-refractivity contribution in [1.29, 1.82) is 5.26 Å². The van der Waals surface area contributed by atoms with Crippen LogP contribution in [0.3, 0.4) is 0 Å². The standard InChI is InChI=1S/C18H19N3O3/c1-10-7-15(8-11(2)16(10)9-19)23-18-12(3)20-21(24-13(4)22)17(18)14-5-6-14/h7-8,14H,5-6H2,1-4H3. The highest BCUT2D eigenvalue weighted by Crippen LogP contribution is 2.46. The van der Waals surface area contributed by atoms with Gasteiger partial charge in [0.05, 0.1) is 11.6 Å². The number of nitriles is 1. The van der Waals surface area contributed by atoms with Gasteiger partial charge in [-0.2, -0.15) is 5.26 Å². The molecule has 24 heavy (non-hydrogen) atoms. The lowest BCUT2D eigenvalue weighted by atomic mass is 10.0. The molecule has 0 atom stereocenters. The van der Waals surface area contributed by atoms with Crippen LogP contribution in [-0.2, 0) is 4.79 Å². The molecule has 1 aliphatic rings. The number of ether oxygens (including phenoxy) is 1. The largest absolute Gasteiger partial charge is 0.453 e. The molecule has 3 rings (SSSR count). The van der Waals surface area contributed by atoms with Gasteiger partial charge in [0, 0.05) is 12.8 Å². The highest BCUT2D eigenvalue weighted by atomic mass is 16.7. The third kappa shape index (κ3) is 2.98. The molecular weight excluding hydrogens is 306 g/mol. The third-order valence-corrected chi connectivity index (χ3v) is 4.03. The first-order valence-electron chi connectivity index (χ1n) is 7.88. The fourth-order valence-corrected chi connectivity index (χ4v) is 2.80. The van der Waals surface area contributed by atoms with Gasteiger partial charge >= 0.3 is 5.97 Å². The normalized spacial score (nSPS) is 13.5. The van der Waals surface area contributed by atoms with E-state index in [1.54, 1.807) is 0 Å². The van der Waals surface area contributed by atoms with E-state index < -0.39 is 5.97 Å². The minimum absolute atomic E-state index is 0.293. The van der Waals surface area contributed by atoms with Crippen molar-refractivity contribution in [3.05, 3.63) is 40.2 Å². The number of carbonyl (C=O) groups excluding carboxylic acids is 1. The molecule has 2 aromatic rings. The first-order chi connectivity index (χ1) is 11.4. The van der Waals surface area contributed by atoms with Crippen molar-refractivity contribution < 1.29 is 14.4 Å². The van der Waals surface area contributed by atoms with E-state index in [9.17, 15) is 10.1 Å². The predicted octanol–water partition coefficient (Wildman–Crippen LogP) is 3.32. The highest BCUT2D eigenvalue weighted by Gasteiger charge is 2.34. The molecule has 0 unspecified atom stereocenters. The van der Waals surface area contributed by atoms with Crippen LogP contribution in [0.15, 0.2) is 12.1 Å². The summed E-state index contributed by atoms with van der Waals surface area (Å²) in [6.45, 7) is 6.94. The first-order valence-corrected chi connectivity index (χ1v) is 7.88. The van der Waals surface area contributed by atoms with Crippen molar-refractivity contribution in [1.82, 2.24) is 9.94 Å². The summed E-state index contributed by atoms with van der Waals surface area (Å²) in [4.78, 5) is 17.8. The number of benzene rings is 1. The van der Waals surface area contributed by atoms with E-state index in [-0.39, 0.29) is 0 Å². The maximum Gasteiger partial charge on any atom is 0.331 e. The molecule has 0 amide bonds. The van der Waals surface area contributed by atoms with Gasteiger partial charge in [0.2, 0.25) is 0 Å². The van der Waals surface area contributed by atoms with Gasteiger partial charge in [-0.05, 0) is 56.9 Å². The van der Waals surface area contributed by atoms with Crippen LogP contribution in [0, 0.1) is 32.1 Å². The van der Waals surface area contributed by atoms with Gasteiger partial charge in [-0.3, -0.25) is 0 Å². The molecule has 0 aliphatic heterocycles. The lowest BCUT2D eigenvalue weighted by Crippen LogP contribution is -2.20. The molecule has 1 fully saturated rings. The number of hydrogen-bond donors (Lipinski definition) is 0. The van der Waals surface area contributed by atoms with E-state index in [4.69, 9.17) is 9.57 Å². The predicted molar refractivity (Wildman–Crippen MR) is 86.9 cm³/mol. The maximum atomic E-state index is 11.3. The Kier molecular flexibility index (Phi) is 4.02. The van der Waals surface area contributed by atoms with Crippen molar-refractivity contribution in [2.24, 2.45) is 0 Å². The molecule has 124 valence electrons. The Morgan fingerprint density at radius 2 is 1.92 bits per heavy atom. The van der Waals surface area contributed by atoms with Crippen LogP contribution in [-0.4, -0.2) is 15.9 Å².